The van der Waals surface area contributed by atoms with Crippen molar-refractivity contribution in [3.05, 3.63) is 35.5 Å². The van der Waals surface area contributed by atoms with Crippen molar-refractivity contribution >= 4 is 17.2 Å². The molecular weight excluding hydrogens is 320 g/mol. The van der Waals surface area contributed by atoms with Crippen molar-refractivity contribution < 1.29 is 4.79 Å². The lowest BCUT2D eigenvalue weighted by atomic mass is 9.95. The Bertz CT molecular complexity index is 658. The Morgan fingerprint density at radius 1 is 1.46 bits per heavy atom. The molecule has 3 rings (SSSR count). The number of aromatic nitrogens is 2. The minimum Gasteiger partial charge on any atom is -0.356 e. The second kappa shape index (κ2) is 8.35. The molecule has 6 heteroatoms. The van der Waals surface area contributed by atoms with Crippen molar-refractivity contribution in [1.82, 2.24) is 20.2 Å². The fraction of sp³-hybridized carbons (Fsp3) is 0.500. The maximum atomic E-state index is 12.1. The highest BCUT2D eigenvalue weighted by Crippen LogP contribution is 2.21. The van der Waals surface area contributed by atoms with Crippen LogP contribution in [0.1, 0.15) is 25.0 Å². The first-order chi connectivity index (χ1) is 11.7. The lowest BCUT2D eigenvalue weighted by Gasteiger charge is -2.29. The SMILES string of the molecule is CN1CCC[C@H](CCNC(=O)Cc2csc(-c3ccccn3)n2)C1. The highest BCUT2D eigenvalue weighted by molar-refractivity contribution is 7.13. The number of hydrogen-bond donors (Lipinski definition) is 1. The molecule has 24 heavy (non-hydrogen) atoms. The van der Waals surface area contributed by atoms with E-state index in [9.17, 15) is 4.79 Å². The molecule has 1 N–H and O–H groups in total. The molecule has 5 nitrogen and oxygen atoms in total. The zero-order valence-corrected chi connectivity index (χ0v) is 14.9. The quantitative estimate of drug-likeness (QED) is 0.875. The average Bonchev–Trinajstić information content (AvgIpc) is 3.04. The van der Waals surface area contributed by atoms with E-state index in [0.717, 1.165) is 35.9 Å². The number of piperidine rings is 1. The molecule has 0 radical (unpaired) electrons. The molecule has 1 fully saturated rings. The van der Waals surface area contributed by atoms with Gasteiger partial charge in [0.1, 0.15) is 5.01 Å². The Hall–Kier alpha value is -1.79. The molecule has 0 unspecified atom stereocenters. The first kappa shape index (κ1) is 17.0. The van der Waals surface area contributed by atoms with Gasteiger partial charge in [0.2, 0.25) is 5.91 Å². The number of carbonyl (C=O) groups is 1. The van der Waals surface area contributed by atoms with Crippen LogP contribution in [0.5, 0.6) is 0 Å². The van der Waals surface area contributed by atoms with Crippen LogP contribution < -0.4 is 5.32 Å². The van der Waals surface area contributed by atoms with Crippen LogP contribution in [0.3, 0.4) is 0 Å². The summed E-state index contributed by atoms with van der Waals surface area (Å²) in [7, 11) is 2.17. The highest BCUT2D eigenvalue weighted by atomic mass is 32.1. The minimum absolute atomic E-state index is 0.0528. The number of thiazole rings is 1. The van der Waals surface area contributed by atoms with E-state index in [1.54, 1.807) is 6.20 Å². The van der Waals surface area contributed by atoms with Gasteiger partial charge >= 0.3 is 0 Å². The van der Waals surface area contributed by atoms with Crippen LogP contribution in [0.2, 0.25) is 0 Å². The number of carbonyl (C=O) groups excluding carboxylic acids is 1. The van der Waals surface area contributed by atoms with Crippen molar-refractivity contribution in [1.29, 1.82) is 0 Å². The normalized spacial score (nSPS) is 18.5. The van der Waals surface area contributed by atoms with Gasteiger partial charge in [-0.05, 0) is 50.9 Å². The Morgan fingerprint density at radius 3 is 3.17 bits per heavy atom. The molecule has 0 bridgehead atoms. The monoisotopic (exact) mass is 344 g/mol. The summed E-state index contributed by atoms with van der Waals surface area (Å²) in [5, 5.41) is 5.84. The van der Waals surface area contributed by atoms with Crippen molar-refractivity contribution in [3.63, 3.8) is 0 Å². The van der Waals surface area contributed by atoms with Crippen LogP contribution in [-0.2, 0) is 11.2 Å². The maximum absolute atomic E-state index is 12.1. The molecule has 0 aromatic carbocycles. The molecule has 1 amide bonds. The van der Waals surface area contributed by atoms with Gasteiger partial charge in [0.05, 0.1) is 17.8 Å². The third-order valence-corrected chi connectivity index (χ3v) is 5.29. The van der Waals surface area contributed by atoms with Gasteiger partial charge < -0.3 is 10.2 Å². The van der Waals surface area contributed by atoms with E-state index in [1.807, 2.05) is 23.6 Å². The Morgan fingerprint density at radius 2 is 2.38 bits per heavy atom. The van der Waals surface area contributed by atoms with E-state index in [1.165, 1.54) is 30.7 Å². The van der Waals surface area contributed by atoms with Crippen LogP contribution in [0.4, 0.5) is 0 Å². The van der Waals surface area contributed by atoms with Gasteiger partial charge in [-0.2, -0.15) is 0 Å². The number of hydrogen-bond acceptors (Lipinski definition) is 5. The standard InChI is InChI=1S/C18H24N4OS/c1-22-10-4-5-14(12-22)7-9-20-17(23)11-15-13-24-18(21-15)16-6-2-3-8-19-16/h2-3,6,8,13-14H,4-5,7,9-12H2,1H3,(H,20,23)/t14-/m1/s1. The van der Waals surface area contributed by atoms with Gasteiger partial charge in [0.25, 0.3) is 0 Å². The molecule has 0 spiro atoms. The maximum Gasteiger partial charge on any atom is 0.226 e. The predicted octanol–water partition coefficient (Wildman–Crippen LogP) is 2.60. The molecule has 0 saturated carbocycles. The molecule has 0 aliphatic carbocycles. The molecule has 2 aromatic rings. The van der Waals surface area contributed by atoms with Crippen molar-refractivity contribution in [2.24, 2.45) is 5.92 Å². The number of pyridine rings is 1. The van der Waals surface area contributed by atoms with Crippen molar-refractivity contribution in [2.45, 2.75) is 25.7 Å². The molecular formula is C18H24N4OS. The fourth-order valence-electron chi connectivity index (χ4n) is 3.15. The van der Waals surface area contributed by atoms with Gasteiger partial charge in [-0.1, -0.05) is 6.07 Å². The molecule has 128 valence electrons. The number of nitrogens with one attached hydrogen (secondary N) is 1. The summed E-state index contributed by atoms with van der Waals surface area (Å²) in [5.41, 5.74) is 1.67. The van der Waals surface area contributed by atoms with E-state index in [0.29, 0.717) is 12.3 Å². The molecule has 2 aromatic heterocycles. The van der Waals surface area contributed by atoms with Gasteiger partial charge in [0.15, 0.2) is 0 Å². The first-order valence-electron chi connectivity index (χ1n) is 8.52. The third-order valence-electron chi connectivity index (χ3n) is 4.37. The summed E-state index contributed by atoms with van der Waals surface area (Å²) in [4.78, 5) is 23.3. The van der Waals surface area contributed by atoms with Gasteiger partial charge in [-0.25, -0.2) is 4.98 Å². The number of nitrogens with zero attached hydrogens (tertiary/aromatic N) is 3. The van der Waals surface area contributed by atoms with Crippen molar-refractivity contribution in [2.75, 3.05) is 26.7 Å². The summed E-state index contributed by atoms with van der Waals surface area (Å²) >= 11 is 1.53. The zero-order valence-electron chi connectivity index (χ0n) is 14.1. The van der Waals surface area contributed by atoms with E-state index in [-0.39, 0.29) is 5.91 Å². The summed E-state index contributed by atoms with van der Waals surface area (Å²) in [6.45, 7) is 3.11. The van der Waals surface area contributed by atoms with Gasteiger partial charge in [-0.15, -0.1) is 11.3 Å². The van der Waals surface area contributed by atoms with Crippen LogP contribution in [0.25, 0.3) is 10.7 Å². The molecule has 3 heterocycles. The van der Waals surface area contributed by atoms with Crippen LogP contribution in [0, 0.1) is 5.92 Å². The summed E-state index contributed by atoms with van der Waals surface area (Å²) < 4.78 is 0. The van der Waals surface area contributed by atoms with Crippen LogP contribution >= 0.6 is 11.3 Å². The van der Waals surface area contributed by atoms with Crippen LogP contribution in [-0.4, -0.2) is 47.5 Å². The molecule has 1 aliphatic heterocycles. The first-order valence-corrected chi connectivity index (χ1v) is 9.40. The molecule has 1 aliphatic rings. The number of rotatable bonds is 6. The lowest BCUT2D eigenvalue weighted by Crippen LogP contribution is -2.34. The van der Waals surface area contributed by atoms with E-state index in [4.69, 9.17) is 0 Å². The fourth-order valence-corrected chi connectivity index (χ4v) is 3.94. The second-order valence-corrected chi connectivity index (χ2v) is 7.30. The van der Waals surface area contributed by atoms with E-state index < -0.39 is 0 Å². The topological polar surface area (TPSA) is 58.1 Å². The zero-order chi connectivity index (χ0) is 16.8. The highest BCUT2D eigenvalue weighted by Gasteiger charge is 2.17. The van der Waals surface area contributed by atoms with E-state index in [2.05, 4.69) is 27.2 Å². The smallest absolute Gasteiger partial charge is 0.226 e. The summed E-state index contributed by atoms with van der Waals surface area (Å²) in [6.07, 6.45) is 5.70. The Labute approximate surface area is 147 Å². The number of amides is 1. The van der Waals surface area contributed by atoms with Crippen molar-refractivity contribution in [3.8, 4) is 10.7 Å². The van der Waals surface area contributed by atoms with Gasteiger partial charge in [-0.3, -0.25) is 9.78 Å². The average molecular weight is 344 g/mol. The summed E-state index contributed by atoms with van der Waals surface area (Å²) in [5.74, 6) is 0.760. The largest absolute Gasteiger partial charge is 0.356 e. The summed E-state index contributed by atoms with van der Waals surface area (Å²) in [6, 6.07) is 5.76. The predicted molar refractivity (Wildman–Crippen MR) is 96.9 cm³/mol. The minimum atomic E-state index is 0.0528. The van der Waals surface area contributed by atoms with Crippen LogP contribution in [0.15, 0.2) is 29.8 Å². The van der Waals surface area contributed by atoms with E-state index >= 15 is 0 Å². The Balaban J connectivity index is 1.43. The number of likely N-dealkylation sites (tertiary alicyclic amines) is 1. The Kier molecular flexibility index (Phi) is 5.93. The second-order valence-electron chi connectivity index (χ2n) is 6.44. The molecule has 1 saturated heterocycles. The van der Waals surface area contributed by atoms with Gasteiger partial charge in [0, 0.05) is 24.7 Å². The third kappa shape index (κ3) is 4.85. The lowest BCUT2D eigenvalue weighted by molar-refractivity contribution is -0.120. The molecule has 1 atom stereocenters.